The number of rotatable bonds is 4. The number of thioether (sulfide) groups is 1. The first-order chi connectivity index (χ1) is 8.52. The summed E-state index contributed by atoms with van der Waals surface area (Å²) < 4.78 is 6.93. The summed E-state index contributed by atoms with van der Waals surface area (Å²) in [5.41, 5.74) is 2.16. The fraction of sp³-hybridized carbons (Fsp3) is 0.417. The summed E-state index contributed by atoms with van der Waals surface area (Å²) >= 11 is 6.30. The zero-order valence-electron chi connectivity index (χ0n) is 10.7. The molecule has 0 saturated carbocycles. The second-order valence-electron chi connectivity index (χ2n) is 3.65. The first-order valence-corrected chi connectivity index (χ1v) is 6.95. The Morgan fingerprint density at radius 1 is 1.56 bits per heavy atom. The Balaban J connectivity index is 2.62. The Bertz CT molecular complexity index is 461. The van der Waals surface area contributed by atoms with Gasteiger partial charge in [0.15, 0.2) is 0 Å². The Morgan fingerprint density at radius 3 is 2.89 bits per heavy atom. The van der Waals surface area contributed by atoms with E-state index in [1.165, 1.54) is 17.3 Å². The van der Waals surface area contributed by atoms with Crippen LogP contribution >= 0.6 is 11.8 Å². The predicted octanol–water partition coefficient (Wildman–Crippen LogP) is 1.55. The molecule has 0 atom stereocenters. The van der Waals surface area contributed by atoms with E-state index in [1.807, 2.05) is 32.2 Å². The van der Waals surface area contributed by atoms with E-state index in [4.69, 9.17) is 17.4 Å². The van der Waals surface area contributed by atoms with Crippen molar-refractivity contribution in [3.05, 3.63) is 29.6 Å². The van der Waals surface area contributed by atoms with Crippen LogP contribution in [-0.2, 0) is 22.2 Å². The van der Waals surface area contributed by atoms with Crippen LogP contribution in [0.15, 0.2) is 23.4 Å². The molecule has 0 aliphatic carbocycles. The van der Waals surface area contributed by atoms with E-state index in [1.54, 1.807) is 11.6 Å². The number of hydrogen-bond donors (Lipinski definition) is 0. The van der Waals surface area contributed by atoms with Crippen LogP contribution in [-0.4, -0.2) is 22.7 Å². The minimum atomic E-state index is -0.273. The molecule has 0 aliphatic rings. The minimum Gasteiger partial charge on any atom is -0.747 e. The lowest BCUT2D eigenvalue weighted by Crippen LogP contribution is -2.32. The molecule has 0 fully saturated rings. The van der Waals surface area contributed by atoms with E-state index in [2.05, 4.69) is 5.10 Å². The molecule has 6 heteroatoms. The number of aryl methyl sites for hydroxylation is 2. The summed E-state index contributed by atoms with van der Waals surface area (Å²) in [7, 11) is 0. The van der Waals surface area contributed by atoms with Crippen molar-refractivity contribution in [2.45, 2.75) is 20.8 Å². The highest BCUT2D eigenvalue weighted by Crippen LogP contribution is 2.04. The topological polar surface area (TPSA) is 42.5 Å². The van der Waals surface area contributed by atoms with Crippen molar-refractivity contribution < 1.29 is 14.2 Å². The first-order valence-electron chi connectivity index (χ1n) is 5.56. The second-order valence-corrected chi connectivity index (χ2v) is 5.26. The Labute approximate surface area is 117 Å². The van der Waals surface area contributed by atoms with Gasteiger partial charge in [-0.1, -0.05) is 4.68 Å². The molecule has 18 heavy (non-hydrogen) atoms. The number of ether oxygens (including phenoxy) is 1. The van der Waals surface area contributed by atoms with Gasteiger partial charge in [0.1, 0.15) is 0 Å². The lowest BCUT2D eigenvalue weighted by atomic mass is 10.2. The van der Waals surface area contributed by atoms with E-state index < -0.39 is 0 Å². The fourth-order valence-corrected chi connectivity index (χ4v) is 2.04. The molecule has 1 aromatic rings. The Hall–Kier alpha value is -1.14. The van der Waals surface area contributed by atoms with E-state index >= 15 is 0 Å². The number of nitrogens with zero attached hydrogens (tertiary/aromatic N) is 2. The van der Waals surface area contributed by atoms with Crippen LogP contribution in [0, 0.1) is 13.8 Å². The second kappa shape index (κ2) is 7.33. The number of esters is 1. The molecule has 0 spiro atoms. The molecular formula is C12H16N2O2S2. The van der Waals surface area contributed by atoms with Crippen LogP contribution in [0.3, 0.4) is 0 Å². The molecule has 0 bridgehead atoms. The average Bonchev–Trinajstić information content (AvgIpc) is 2.31. The largest absolute Gasteiger partial charge is 0.747 e. The van der Waals surface area contributed by atoms with Gasteiger partial charge in [-0.15, -0.1) is 11.8 Å². The molecular weight excluding hydrogens is 268 g/mol. The van der Waals surface area contributed by atoms with Gasteiger partial charge in [-0.05, 0) is 24.5 Å². The molecule has 0 amide bonds. The Kier molecular flexibility index (Phi) is 6.07. The highest BCUT2D eigenvalue weighted by molar-refractivity contribution is 8.27. The normalized spacial score (nSPS) is 11.4. The molecule has 0 aliphatic heterocycles. The van der Waals surface area contributed by atoms with Gasteiger partial charge >= 0.3 is 5.97 Å². The lowest BCUT2D eigenvalue weighted by Gasteiger charge is -2.06. The van der Waals surface area contributed by atoms with E-state index in [-0.39, 0.29) is 11.7 Å². The van der Waals surface area contributed by atoms with Gasteiger partial charge in [0.05, 0.1) is 12.4 Å². The minimum absolute atomic E-state index is 0.196. The van der Waals surface area contributed by atoms with Gasteiger partial charge in [0, 0.05) is 23.4 Å². The van der Waals surface area contributed by atoms with Crippen molar-refractivity contribution in [1.82, 2.24) is 0 Å². The zero-order valence-corrected chi connectivity index (χ0v) is 12.3. The molecule has 0 unspecified atom stereocenters. The van der Waals surface area contributed by atoms with Crippen molar-refractivity contribution in [3.8, 4) is 0 Å². The van der Waals surface area contributed by atoms with Gasteiger partial charge in [0.2, 0.25) is 11.9 Å². The average molecular weight is 284 g/mol. The summed E-state index contributed by atoms with van der Waals surface area (Å²) in [6.07, 6.45) is 1.85. The number of pyridine rings is 1. The van der Waals surface area contributed by atoms with Crippen LogP contribution in [0.1, 0.15) is 18.2 Å². The van der Waals surface area contributed by atoms with Crippen LogP contribution in [0.25, 0.3) is 0 Å². The Morgan fingerprint density at radius 2 is 2.28 bits per heavy atom. The van der Waals surface area contributed by atoms with Gasteiger partial charge in [0.25, 0.3) is 0 Å². The number of carbonyl (C=O) groups excluding carboxylic acids is 1. The zero-order chi connectivity index (χ0) is 13.5. The summed E-state index contributed by atoms with van der Waals surface area (Å²) in [5, 5.41) is 4.24. The third kappa shape index (κ3) is 5.01. The van der Waals surface area contributed by atoms with Crippen LogP contribution < -0.4 is 4.68 Å². The highest BCUT2D eigenvalue weighted by Gasteiger charge is 2.05. The summed E-state index contributed by atoms with van der Waals surface area (Å²) in [5.74, 6) is -0.0764. The molecule has 98 valence electrons. The van der Waals surface area contributed by atoms with E-state index in [0.717, 1.165) is 5.69 Å². The number of hydrogen-bond acceptors (Lipinski definition) is 5. The van der Waals surface area contributed by atoms with Crippen molar-refractivity contribution in [3.63, 3.8) is 0 Å². The first kappa shape index (κ1) is 14.9. The quantitative estimate of drug-likeness (QED) is 0.277. The van der Waals surface area contributed by atoms with E-state index in [9.17, 15) is 4.79 Å². The van der Waals surface area contributed by atoms with Crippen molar-refractivity contribution >= 4 is 34.7 Å². The monoisotopic (exact) mass is 284 g/mol. The molecule has 0 N–H and O–H groups in total. The van der Waals surface area contributed by atoms with Crippen molar-refractivity contribution in [1.29, 1.82) is 0 Å². The standard InChI is InChI=1S/C12H16N2O2S2/c1-4-16-11(15)8-18-12(17)13-14-6-5-9(2)7-10(14)3/h5-7H,4,8H2,1-3H3. The fourth-order valence-electron chi connectivity index (χ4n) is 1.30. The summed E-state index contributed by atoms with van der Waals surface area (Å²) in [6, 6.07) is 3.97. The number of aromatic nitrogens is 1. The molecule has 0 radical (unpaired) electrons. The number of carbonyl (C=O) groups is 1. The maximum Gasteiger partial charge on any atom is 0.316 e. The molecule has 0 aromatic carbocycles. The van der Waals surface area contributed by atoms with Gasteiger partial charge in [-0.2, -0.15) is 0 Å². The van der Waals surface area contributed by atoms with Gasteiger partial charge < -0.3 is 17.4 Å². The van der Waals surface area contributed by atoms with Crippen LogP contribution in [0.4, 0.5) is 0 Å². The smallest absolute Gasteiger partial charge is 0.316 e. The van der Waals surface area contributed by atoms with Gasteiger partial charge in [-0.3, -0.25) is 4.79 Å². The molecule has 4 nitrogen and oxygen atoms in total. The SMILES string of the molecule is CCOC(=O)CS/C([S-])=N/[n+]1ccc(C)cc1C. The van der Waals surface area contributed by atoms with Gasteiger partial charge in [-0.25, -0.2) is 0 Å². The maximum absolute atomic E-state index is 11.2. The summed E-state index contributed by atoms with van der Waals surface area (Å²) in [6.45, 7) is 6.13. The maximum atomic E-state index is 11.2. The third-order valence-electron chi connectivity index (χ3n) is 2.08. The van der Waals surface area contributed by atoms with E-state index in [0.29, 0.717) is 11.0 Å². The molecule has 1 heterocycles. The van der Waals surface area contributed by atoms with Crippen molar-refractivity contribution in [2.75, 3.05) is 12.4 Å². The van der Waals surface area contributed by atoms with Crippen LogP contribution in [0.5, 0.6) is 0 Å². The van der Waals surface area contributed by atoms with Crippen molar-refractivity contribution in [2.24, 2.45) is 5.10 Å². The highest BCUT2D eigenvalue weighted by atomic mass is 32.2. The lowest BCUT2D eigenvalue weighted by molar-refractivity contribution is -0.684. The summed E-state index contributed by atoms with van der Waals surface area (Å²) in [4.78, 5) is 11.2. The molecule has 1 rings (SSSR count). The molecule has 0 saturated heterocycles. The molecule has 1 aromatic heterocycles. The third-order valence-corrected chi connectivity index (χ3v) is 3.23. The van der Waals surface area contributed by atoms with Crippen LogP contribution in [0.2, 0.25) is 0 Å². The predicted molar refractivity (Wildman–Crippen MR) is 75.4 cm³/mol.